The molecule has 0 spiro atoms. The van der Waals surface area contributed by atoms with Crippen molar-refractivity contribution in [2.45, 2.75) is 13.0 Å². The minimum Gasteiger partial charge on any atom is -0.476 e. The van der Waals surface area contributed by atoms with Crippen LogP contribution in [-0.4, -0.2) is 61.2 Å². The van der Waals surface area contributed by atoms with Crippen LogP contribution in [0, 0.1) is 10.1 Å². The lowest BCUT2D eigenvalue weighted by molar-refractivity contribution is -0.385. The molecule has 0 fully saturated rings. The quantitative estimate of drug-likeness (QED) is 0.407. The third-order valence-corrected chi connectivity index (χ3v) is 2.62. The predicted octanol–water partition coefficient (Wildman–Crippen LogP) is 0.903. The first-order chi connectivity index (χ1) is 9.99. The molecular weight excluding hydrogens is 278 g/mol. The Balaban J connectivity index is 2.96. The second-order valence-corrected chi connectivity index (χ2v) is 4.62. The van der Waals surface area contributed by atoms with Gasteiger partial charge in [-0.1, -0.05) is 0 Å². The molecule has 0 bridgehead atoms. The van der Waals surface area contributed by atoms with Crippen molar-refractivity contribution in [1.29, 1.82) is 0 Å². The van der Waals surface area contributed by atoms with Crippen LogP contribution < -0.4 is 10.1 Å². The molecule has 0 saturated carbocycles. The van der Waals surface area contributed by atoms with Gasteiger partial charge in [-0.25, -0.2) is 4.98 Å². The Bertz CT molecular complexity index is 481. The fourth-order valence-corrected chi connectivity index (χ4v) is 1.70. The van der Waals surface area contributed by atoms with Crippen molar-refractivity contribution in [3.63, 3.8) is 0 Å². The maximum Gasteiger partial charge on any atom is 0.372 e. The van der Waals surface area contributed by atoms with Crippen molar-refractivity contribution in [2.24, 2.45) is 0 Å². The van der Waals surface area contributed by atoms with Gasteiger partial charge in [-0.2, -0.15) is 4.98 Å². The fourth-order valence-electron chi connectivity index (χ4n) is 1.70. The zero-order chi connectivity index (χ0) is 15.8. The van der Waals surface area contributed by atoms with Crippen LogP contribution in [0.25, 0.3) is 0 Å². The second kappa shape index (κ2) is 8.32. The molecule has 0 aromatic carbocycles. The summed E-state index contributed by atoms with van der Waals surface area (Å²) in [4.78, 5) is 20.8. The van der Waals surface area contributed by atoms with Crippen LogP contribution in [0.2, 0.25) is 0 Å². The fraction of sp³-hybridized carbons (Fsp3) is 0.667. The summed E-state index contributed by atoms with van der Waals surface area (Å²) in [6.45, 7) is 1.58. The van der Waals surface area contributed by atoms with Crippen molar-refractivity contribution < 1.29 is 14.4 Å². The van der Waals surface area contributed by atoms with Crippen LogP contribution in [0.3, 0.4) is 0 Å². The molecule has 9 heteroatoms. The SMILES string of the molecule is COCc1nc(NCCCN(C)C)c([N+](=O)[O-])c(OC)n1. The predicted molar refractivity (Wildman–Crippen MR) is 77.6 cm³/mol. The zero-order valence-electron chi connectivity index (χ0n) is 12.8. The average Bonchev–Trinajstić information content (AvgIpc) is 2.42. The smallest absolute Gasteiger partial charge is 0.372 e. The van der Waals surface area contributed by atoms with Gasteiger partial charge in [0.05, 0.1) is 12.0 Å². The van der Waals surface area contributed by atoms with Gasteiger partial charge in [0.15, 0.2) is 5.82 Å². The Morgan fingerprint density at radius 2 is 2.05 bits per heavy atom. The zero-order valence-corrected chi connectivity index (χ0v) is 12.8. The van der Waals surface area contributed by atoms with E-state index in [0.717, 1.165) is 13.0 Å². The van der Waals surface area contributed by atoms with Crippen molar-refractivity contribution in [2.75, 3.05) is 46.7 Å². The summed E-state index contributed by atoms with van der Waals surface area (Å²) in [7, 11) is 6.77. The monoisotopic (exact) mass is 299 g/mol. The molecule has 0 radical (unpaired) electrons. The Morgan fingerprint density at radius 1 is 1.33 bits per heavy atom. The number of methoxy groups -OCH3 is 2. The number of anilines is 1. The molecule has 0 atom stereocenters. The van der Waals surface area contributed by atoms with Crippen molar-refractivity contribution in [3.8, 4) is 5.88 Å². The Labute approximate surface area is 123 Å². The van der Waals surface area contributed by atoms with Crippen molar-refractivity contribution in [3.05, 3.63) is 15.9 Å². The van der Waals surface area contributed by atoms with Crippen molar-refractivity contribution >= 4 is 11.5 Å². The van der Waals surface area contributed by atoms with E-state index in [-0.39, 0.29) is 24.0 Å². The first-order valence-electron chi connectivity index (χ1n) is 6.46. The van der Waals surface area contributed by atoms with Gasteiger partial charge in [-0.15, -0.1) is 0 Å². The lowest BCUT2D eigenvalue weighted by Crippen LogP contribution is -2.17. The number of nitro groups is 1. The summed E-state index contributed by atoms with van der Waals surface area (Å²) in [6, 6.07) is 0. The summed E-state index contributed by atoms with van der Waals surface area (Å²) in [6.07, 6.45) is 0.829. The third kappa shape index (κ3) is 5.12. The maximum absolute atomic E-state index is 11.2. The Kier molecular flexibility index (Phi) is 6.76. The number of nitrogens with zero attached hydrogens (tertiary/aromatic N) is 4. The highest BCUT2D eigenvalue weighted by Crippen LogP contribution is 2.31. The standard InChI is InChI=1S/C12H21N5O4/c1-16(2)7-5-6-13-11-10(17(18)19)12(21-4)15-9(14-11)8-20-3/h5-8H2,1-4H3,(H,13,14,15). The molecule has 21 heavy (non-hydrogen) atoms. The van der Waals surface area contributed by atoms with E-state index in [1.54, 1.807) is 0 Å². The summed E-state index contributed by atoms with van der Waals surface area (Å²) >= 11 is 0. The van der Waals surface area contributed by atoms with E-state index in [4.69, 9.17) is 9.47 Å². The number of rotatable bonds is 9. The van der Waals surface area contributed by atoms with Crippen LogP contribution >= 0.6 is 0 Å². The highest BCUT2D eigenvalue weighted by Gasteiger charge is 2.25. The summed E-state index contributed by atoms with van der Waals surface area (Å²) < 4.78 is 9.94. The molecule has 0 saturated heterocycles. The average molecular weight is 299 g/mol. The molecule has 1 aromatic rings. The number of hydrogen-bond acceptors (Lipinski definition) is 8. The summed E-state index contributed by atoms with van der Waals surface area (Å²) in [5.41, 5.74) is -0.262. The molecule has 0 unspecified atom stereocenters. The minimum absolute atomic E-state index is 0.0721. The molecule has 1 aromatic heterocycles. The van der Waals surface area contributed by atoms with Crippen LogP contribution in [0.1, 0.15) is 12.2 Å². The maximum atomic E-state index is 11.2. The van der Waals surface area contributed by atoms with Gasteiger partial charge in [0, 0.05) is 13.7 Å². The number of nitrogens with one attached hydrogen (secondary N) is 1. The highest BCUT2D eigenvalue weighted by molar-refractivity contribution is 5.61. The van der Waals surface area contributed by atoms with E-state index in [1.165, 1.54) is 14.2 Å². The van der Waals surface area contributed by atoms with Crippen LogP contribution in [0.15, 0.2) is 0 Å². The lowest BCUT2D eigenvalue weighted by Gasteiger charge is -2.12. The van der Waals surface area contributed by atoms with Gasteiger partial charge < -0.3 is 19.7 Å². The first-order valence-corrected chi connectivity index (χ1v) is 6.46. The van der Waals surface area contributed by atoms with Gasteiger partial charge in [0.2, 0.25) is 5.82 Å². The second-order valence-electron chi connectivity index (χ2n) is 4.62. The topological polar surface area (TPSA) is 103 Å². The van der Waals surface area contributed by atoms with Crippen LogP contribution in [0.4, 0.5) is 11.5 Å². The number of hydrogen-bond donors (Lipinski definition) is 1. The van der Waals surface area contributed by atoms with Crippen LogP contribution in [0.5, 0.6) is 5.88 Å². The van der Waals surface area contributed by atoms with Gasteiger partial charge in [0.1, 0.15) is 6.61 Å². The van der Waals surface area contributed by atoms with E-state index >= 15 is 0 Å². The van der Waals surface area contributed by atoms with E-state index in [1.807, 2.05) is 19.0 Å². The molecule has 0 aliphatic rings. The van der Waals surface area contributed by atoms with Crippen LogP contribution in [-0.2, 0) is 11.3 Å². The Hall–Kier alpha value is -2.00. The summed E-state index contributed by atoms with van der Waals surface area (Å²) in [5.74, 6) is 0.407. The molecule has 0 aliphatic heterocycles. The normalized spacial score (nSPS) is 10.7. The number of aromatic nitrogens is 2. The van der Waals surface area contributed by atoms with Gasteiger partial charge >= 0.3 is 5.69 Å². The van der Waals surface area contributed by atoms with Crippen molar-refractivity contribution in [1.82, 2.24) is 14.9 Å². The Morgan fingerprint density at radius 3 is 2.57 bits per heavy atom. The van der Waals surface area contributed by atoms with E-state index < -0.39 is 4.92 Å². The molecule has 1 N–H and O–H groups in total. The van der Waals surface area contributed by atoms with E-state index in [0.29, 0.717) is 12.4 Å². The van der Waals surface area contributed by atoms with E-state index in [9.17, 15) is 10.1 Å². The first kappa shape index (κ1) is 17.1. The van der Waals surface area contributed by atoms with Gasteiger partial charge in [-0.05, 0) is 27.1 Å². The molecule has 1 heterocycles. The largest absolute Gasteiger partial charge is 0.476 e. The highest BCUT2D eigenvalue weighted by atomic mass is 16.6. The third-order valence-electron chi connectivity index (χ3n) is 2.62. The molecule has 0 amide bonds. The molecule has 9 nitrogen and oxygen atoms in total. The van der Waals surface area contributed by atoms with Gasteiger partial charge in [-0.3, -0.25) is 10.1 Å². The molecule has 118 valence electrons. The number of ether oxygens (including phenoxy) is 2. The lowest BCUT2D eigenvalue weighted by atomic mass is 10.3. The minimum atomic E-state index is -0.552. The molecular formula is C12H21N5O4. The van der Waals surface area contributed by atoms with E-state index in [2.05, 4.69) is 15.3 Å². The van der Waals surface area contributed by atoms with Gasteiger partial charge in [0.25, 0.3) is 5.88 Å². The summed E-state index contributed by atoms with van der Waals surface area (Å²) in [5, 5.41) is 14.1. The molecule has 0 aliphatic carbocycles. The molecule has 1 rings (SSSR count).